The zero-order valence-corrected chi connectivity index (χ0v) is 8.79. The van der Waals surface area contributed by atoms with Crippen LogP contribution < -0.4 is 16.4 Å². The first kappa shape index (κ1) is 11.6. The fourth-order valence-electron chi connectivity index (χ4n) is 1.56. The molecular weight excluding hydrogens is 196 g/mol. The van der Waals surface area contributed by atoms with Gasteiger partial charge in [0.1, 0.15) is 0 Å². The molecule has 86 valence electrons. The monoisotopic (exact) mass is 214 g/mol. The highest BCUT2D eigenvalue weighted by Gasteiger charge is 2.15. The molecule has 1 saturated heterocycles. The lowest BCUT2D eigenvalue weighted by Crippen LogP contribution is -2.45. The van der Waals surface area contributed by atoms with E-state index in [0.717, 1.165) is 25.9 Å². The number of likely N-dealkylation sites (tertiary alicyclic amines) is 1. The number of nitrogens with one attached hydrogen (secondary N) is 2. The molecule has 4 N–H and O–H groups in total. The van der Waals surface area contributed by atoms with Crippen LogP contribution in [0, 0.1) is 0 Å². The van der Waals surface area contributed by atoms with Gasteiger partial charge in [-0.1, -0.05) is 0 Å². The summed E-state index contributed by atoms with van der Waals surface area (Å²) in [6, 6.07) is -0.622. The van der Waals surface area contributed by atoms with E-state index < -0.39 is 6.03 Å². The lowest BCUT2D eigenvalue weighted by atomic mass is 10.1. The van der Waals surface area contributed by atoms with Gasteiger partial charge in [-0.05, 0) is 19.3 Å². The predicted molar refractivity (Wildman–Crippen MR) is 56.4 cm³/mol. The molecule has 4 amide bonds. The Morgan fingerprint density at radius 1 is 1.07 bits per heavy atom. The van der Waals surface area contributed by atoms with Crippen molar-refractivity contribution in [3.05, 3.63) is 0 Å². The third-order valence-electron chi connectivity index (χ3n) is 2.34. The Labute approximate surface area is 89.2 Å². The largest absolute Gasteiger partial charge is 0.352 e. The lowest BCUT2D eigenvalue weighted by Gasteiger charge is -2.26. The van der Waals surface area contributed by atoms with Crippen molar-refractivity contribution in [1.82, 2.24) is 15.5 Å². The Morgan fingerprint density at radius 3 is 2.27 bits per heavy atom. The Kier molecular flexibility index (Phi) is 4.73. The number of hydrogen-bond acceptors (Lipinski definition) is 2. The van der Waals surface area contributed by atoms with Crippen LogP contribution >= 0.6 is 0 Å². The number of amides is 4. The van der Waals surface area contributed by atoms with E-state index in [0.29, 0.717) is 13.1 Å². The molecule has 1 heterocycles. The zero-order chi connectivity index (χ0) is 11.1. The van der Waals surface area contributed by atoms with Crippen LogP contribution in [0.3, 0.4) is 0 Å². The van der Waals surface area contributed by atoms with Crippen LogP contribution in [0.15, 0.2) is 0 Å². The highest BCUT2D eigenvalue weighted by Crippen LogP contribution is 2.07. The number of primary amides is 1. The van der Waals surface area contributed by atoms with E-state index in [4.69, 9.17) is 5.73 Å². The van der Waals surface area contributed by atoms with E-state index in [1.807, 2.05) is 0 Å². The van der Waals surface area contributed by atoms with E-state index >= 15 is 0 Å². The predicted octanol–water partition coefficient (Wildman–Crippen LogP) is -0.150. The number of nitrogens with zero attached hydrogens (tertiary/aromatic N) is 1. The number of urea groups is 2. The van der Waals surface area contributed by atoms with Crippen molar-refractivity contribution in [3.8, 4) is 0 Å². The highest BCUT2D eigenvalue weighted by molar-refractivity contribution is 5.74. The molecule has 0 radical (unpaired) electrons. The van der Waals surface area contributed by atoms with Gasteiger partial charge in [0.15, 0.2) is 0 Å². The molecule has 6 nitrogen and oxygen atoms in total. The van der Waals surface area contributed by atoms with E-state index in [1.165, 1.54) is 6.42 Å². The summed E-state index contributed by atoms with van der Waals surface area (Å²) < 4.78 is 0. The quantitative estimate of drug-likeness (QED) is 0.570. The molecule has 15 heavy (non-hydrogen) atoms. The van der Waals surface area contributed by atoms with E-state index in [1.54, 1.807) is 4.90 Å². The summed E-state index contributed by atoms with van der Waals surface area (Å²) in [6.45, 7) is 2.44. The second-order valence-electron chi connectivity index (χ2n) is 3.57. The van der Waals surface area contributed by atoms with Crippen LogP contribution in [0.25, 0.3) is 0 Å². The van der Waals surface area contributed by atoms with Crippen LogP contribution in [-0.2, 0) is 0 Å². The van der Waals surface area contributed by atoms with E-state index in [-0.39, 0.29) is 6.03 Å². The first-order valence-electron chi connectivity index (χ1n) is 5.26. The molecule has 0 atom stereocenters. The average Bonchev–Trinajstić information content (AvgIpc) is 2.25. The van der Waals surface area contributed by atoms with E-state index in [2.05, 4.69) is 10.6 Å². The number of carbonyl (C=O) groups excluding carboxylic acids is 2. The van der Waals surface area contributed by atoms with Crippen molar-refractivity contribution in [2.24, 2.45) is 5.73 Å². The Balaban J connectivity index is 2.09. The van der Waals surface area contributed by atoms with Crippen molar-refractivity contribution < 1.29 is 9.59 Å². The van der Waals surface area contributed by atoms with Crippen molar-refractivity contribution in [2.75, 3.05) is 26.2 Å². The minimum atomic E-state index is -0.567. The maximum absolute atomic E-state index is 11.5. The van der Waals surface area contributed by atoms with Crippen LogP contribution in [0.5, 0.6) is 0 Å². The highest BCUT2D eigenvalue weighted by atomic mass is 16.2. The topological polar surface area (TPSA) is 87.5 Å². The third kappa shape index (κ3) is 4.53. The molecule has 0 aromatic carbocycles. The molecule has 0 unspecified atom stereocenters. The summed E-state index contributed by atoms with van der Waals surface area (Å²) in [5, 5.41) is 5.13. The van der Waals surface area contributed by atoms with Crippen LogP contribution in [0.1, 0.15) is 19.3 Å². The summed E-state index contributed by atoms with van der Waals surface area (Å²) in [6.07, 6.45) is 3.35. The van der Waals surface area contributed by atoms with Gasteiger partial charge in [0, 0.05) is 26.2 Å². The molecule has 0 aliphatic carbocycles. The molecule has 1 aliphatic rings. The summed E-state index contributed by atoms with van der Waals surface area (Å²) >= 11 is 0. The zero-order valence-electron chi connectivity index (χ0n) is 8.79. The van der Waals surface area contributed by atoms with Crippen LogP contribution in [0.4, 0.5) is 9.59 Å². The Bertz CT molecular complexity index is 226. The number of carbonyl (C=O) groups is 2. The van der Waals surface area contributed by atoms with E-state index in [9.17, 15) is 9.59 Å². The smallest absolute Gasteiger partial charge is 0.317 e. The molecular formula is C9H18N4O2. The average molecular weight is 214 g/mol. The lowest BCUT2D eigenvalue weighted by molar-refractivity contribution is 0.186. The minimum absolute atomic E-state index is 0.0547. The maximum atomic E-state index is 11.5. The maximum Gasteiger partial charge on any atom is 0.317 e. The second-order valence-corrected chi connectivity index (χ2v) is 3.57. The SMILES string of the molecule is NC(=O)NCCNC(=O)N1CCCCC1. The fraction of sp³-hybridized carbons (Fsp3) is 0.778. The standard InChI is InChI=1S/C9H18N4O2/c10-8(14)11-4-5-12-9(15)13-6-2-1-3-7-13/h1-7H2,(H,12,15)(H3,10,11,14). The molecule has 6 heteroatoms. The van der Waals surface area contributed by atoms with Crippen molar-refractivity contribution in [1.29, 1.82) is 0 Å². The summed E-state index contributed by atoms with van der Waals surface area (Å²) in [5.74, 6) is 0. The molecule has 0 aromatic rings. The molecule has 1 aliphatic heterocycles. The first-order valence-corrected chi connectivity index (χ1v) is 5.26. The summed E-state index contributed by atoms with van der Waals surface area (Å²) in [5.41, 5.74) is 4.88. The molecule has 0 bridgehead atoms. The van der Waals surface area contributed by atoms with Crippen molar-refractivity contribution in [3.63, 3.8) is 0 Å². The molecule has 0 saturated carbocycles. The van der Waals surface area contributed by atoms with Gasteiger partial charge in [0.2, 0.25) is 0 Å². The normalized spacial score (nSPS) is 15.9. The number of piperidine rings is 1. The van der Waals surface area contributed by atoms with Crippen LogP contribution in [0.2, 0.25) is 0 Å². The molecule has 1 fully saturated rings. The van der Waals surface area contributed by atoms with Crippen molar-refractivity contribution >= 4 is 12.1 Å². The molecule has 1 rings (SSSR count). The third-order valence-corrected chi connectivity index (χ3v) is 2.34. The number of rotatable bonds is 3. The van der Waals surface area contributed by atoms with Crippen molar-refractivity contribution in [2.45, 2.75) is 19.3 Å². The molecule has 0 spiro atoms. The minimum Gasteiger partial charge on any atom is -0.352 e. The van der Waals surface area contributed by atoms with Gasteiger partial charge in [-0.15, -0.1) is 0 Å². The number of nitrogens with two attached hydrogens (primary N) is 1. The van der Waals surface area contributed by atoms with Gasteiger partial charge in [-0.25, -0.2) is 9.59 Å². The number of hydrogen-bond donors (Lipinski definition) is 3. The summed E-state index contributed by atoms with van der Waals surface area (Å²) in [7, 11) is 0. The van der Waals surface area contributed by atoms with Gasteiger partial charge in [0.05, 0.1) is 0 Å². The summed E-state index contributed by atoms with van der Waals surface area (Å²) in [4.78, 5) is 23.6. The van der Waals surface area contributed by atoms with Gasteiger partial charge in [-0.2, -0.15) is 0 Å². The second kappa shape index (κ2) is 6.10. The van der Waals surface area contributed by atoms with Crippen LogP contribution in [-0.4, -0.2) is 43.1 Å². The van der Waals surface area contributed by atoms with Gasteiger partial charge >= 0.3 is 12.1 Å². The Hall–Kier alpha value is -1.46. The van der Waals surface area contributed by atoms with Gasteiger partial charge < -0.3 is 21.3 Å². The first-order chi connectivity index (χ1) is 7.20. The van der Waals surface area contributed by atoms with Gasteiger partial charge in [0.25, 0.3) is 0 Å². The van der Waals surface area contributed by atoms with Gasteiger partial charge in [-0.3, -0.25) is 0 Å². The fourth-order valence-corrected chi connectivity index (χ4v) is 1.56. The Morgan fingerprint density at radius 2 is 1.67 bits per heavy atom. The molecule has 0 aromatic heterocycles.